The molecule has 0 radical (unpaired) electrons. The Hall–Kier alpha value is -5.40. The van der Waals surface area contributed by atoms with Gasteiger partial charge in [-0.25, -0.2) is 4.39 Å². The van der Waals surface area contributed by atoms with Crippen molar-refractivity contribution in [2.24, 2.45) is 0 Å². The van der Waals surface area contributed by atoms with Crippen molar-refractivity contribution >= 4 is 60.8 Å². The first-order valence-corrected chi connectivity index (χ1v) is 13.8. The number of anilines is 5. The smallest absolute Gasteiger partial charge is 0.143 e. The second-order valence-corrected chi connectivity index (χ2v) is 10.6. The summed E-state index contributed by atoms with van der Waals surface area (Å²) < 4.78 is 14.9. The average molecular weight is 530 g/mol. The molecule has 0 atom stereocenters. The number of halogens is 1. The Morgan fingerprint density at radius 2 is 1.37 bits per heavy atom. The fraction of sp³-hybridized carbons (Fsp3) is 0.0541. The van der Waals surface area contributed by atoms with Crippen LogP contribution in [-0.2, 0) is 6.42 Å². The van der Waals surface area contributed by atoms with E-state index in [0.717, 1.165) is 29.7 Å². The van der Waals surface area contributed by atoms with E-state index in [1.54, 1.807) is 6.07 Å². The molecule has 1 heterocycles. The van der Waals surface area contributed by atoms with Crippen molar-refractivity contribution in [3.63, 3.8) is 0 Å². The van der Waals surface area contributed by atoms with E-state index in [1.165, 1.54) is 49.9 Å². The molecule has 4 heteroatoms. The van der Waals surface area contributed by atoms with E-state index in [9.17, 15) is 9.65 Å². The zero-order valence-corrected chi connectivity index (χ0v) is 22.2. The number of hydrogen-bond acceptors (Lipinski definition) is 3. The van der Waals surface area contributed by atoms with E-state index in [-0.39, 0.29) is 5.56 Å². The first kappa shape index (κ1) is 23.5. The highest BCUT2D eigenvalue weighted by atomic mass is 19.1. The number of fused-ring (bicyclic) bond motifs is 1. The highest BCUT2D eigenvalue weighted by molar-refractivity contribution is 6.28. The van der Waals surface area contributed by atoms with Crippen LogP contribution in [0.1, 0.15) is 11.1 Å². The predicted molar refractivity (Wildman–Crippen MR) is 167 cm³/mol. The first-order valence-electron chi connectivity index (χ1n) is 13.8. The Labute approximate surface area is 237 Å². The second kappa shape index (κ2) is 9.08. The average Bonchev–Trinajstić information content (AvgIpc) is 3.45. The molecule has 0 saturated heterocycles. The van der Waals surface area contributed by atoms with E-state index in [4.69, 9.17) is 0 Å². The van der Waals surface area contributed by atoms with Crippen LogP contribution in [-0.4, -0.2) is 6.54 Å². The van der Waals surface area contributed by atoms with Gasteiger partial charge in [0.1, 0.15) is 11.9 Å². The van der Waals surface area contributed by atoms with E-state index in [0.29, 0.717) is 5.69 Å². The summed E-state index contributed by atoms with van der Waals surface area (Å²) in [5.41, 5.74) is 6.46. The summed E-state index contributed by atoms with van der Waals surface area (Å²) in [6, 6.07) is 43.0. The zero-order chi connectivity index (χ0) is 27.5. The van der Waals surface area contributed by atoms with E-state index in [1.807, 2.05) is 42.5 Å². The third kappa shape index (κ3) is 3.56. The fourth-order valence-electron chi connectivity index (χ4n) is 6.53. The summed E-state index contributed by atoms with van der Waals surface area (Å²) in [6.07, 6.45) is 1.04. The van der Waals surface area contributed by atoms with Crippen LogP contribution in [0.15, 0.2) is 121 Å². The minimum absolute atomic E-state index is 0.0353. The van der Waals surface area contributed by atoms with Gasteiger partial charge in [-0.05, 0) is 82.1 Å². The SMILES string of the molecule is N#Cc1ccc(N(c2ccccc2)c2ccc3ccc4c(N5CCc6ccccc65)ccc5ccc2c3c54)cc1F. The summed E-state index contributed by atoms with van der Waals surface area (Å²) in [7, 11) is 0. The van der Waals surface area contributed by atoms with Gasteiger partial charge in [0.2, 0.25) is 0 Å². The van der Waals surface area contributed by atoms with Crippen LogP contribution in [0.25, 0.3) is 32.3 Å². The lowest BCUT2D eigenvalue weighted by atomic mass is 9.92. The number of nitrogens with zero attached hydrogens (tertiary/aromatic N) is 3. The molecular weight excluding hydrogens is 505 g/mol. The number of para-hydroxylation sites is 2. The molecule has 0 fully saturated rings. The second-order valence-electron chi connectivity index (χ2n) is 10.6. The molecule has 41 heavy (non-hydrogen) atoms. The molecule has 1 aliphatic heterocycles. The maximum atomic E-state index is 14.9. The van der Waals surface area contributed by atoms with Crippen molar-refractivity contribution in [2.45, 2.75) is 6.42 Å². The molecule has 0 spiro atoms. The van der Waals surface area contributed by atoms with Gasteiger partial charge in [0.25, 0.3) is 0 Å². The van der Waals surface area contributed by atoms with Gasteiger partial charge in [-0.3, -0.25) is 0 Å². The molecule has 8 rings (SSSR count). The molecule has 0 bridgehead atoms. The molecule has 194 valence electrons. The number of benzene rings is 7. The first-order chi connectivity index (χ1) is 20.2. The summed E-state index contributed by atoms with van der Waals surface area (Å²) in [5, 5.41) is 16.4. The van der Waals surface area contributed by atoms with Crippen molar-refractivity contribution in [3.8, 4) is 6.07 Å². The molecular formula is C37H24FN3. The van der Waals surface area contributed by atoms with Crippen molar-refractivity contribution in [2.75, 3.05) is 16.3 Å². The lowest BCUT2D eigenvalue weighted by Crippen LogP contribution is -2.13. The third-order valence-corrected chi connectivity index (χ3v) is 8.38. The van der Waals surface area contributed by atoms with Gasteiger partial charge in [-0.15, -0.1) is 0 Å². The van der Waals surface area contributed by atoms with Gasteiger partial charge in [0.05, 0.1) is 11.3 Å². The van der Waals surface area contributed by atoms with E-state index in [2.05, 4.69) is 82.6 Å². The molecule has 0 unspecified atom stereocenters. The summed E-state index contributed by atoms with van der Waals surface area (Å²) in [5.74, 6) is -0.529. The minimum Gasteiger partial charge on any atom is -0.340 e. The van der Waals surface area contributed by atoms with Gasteiger partial charge in [0, 0.05) is 40.1 Å². The van der Waals surface area contributed by atoms with Gasteiger partial charge >= 0.3 is 0 Å². The fourth-order valence-corrected chi connectivity index (χ4v) is 6.53. The maximum absolute atomic E-state index is 14.9. The number of rotatable bonds is 4. The van der Waals surface area contributed by atoms with Gasteiger partial charge in [-0.2, -0.15) is 5.26 Å². The van der Waals surface area contributed by atoms with Crippen molar-refractivity contribution in [1.82, 2.24) is 0 Å². The lowest BCUT2D eigenvalue weighted by molar-refractivity contribution is 0.624. The molecule has 0 amide bonds. The molecule has 0 N–H and O–H groups in total. The summed E-state index contributed by atoms with van der Waals surface area (Å²) in [6.45, 7) is 0.959. The van der Waals surface area contributed by atoms with E-state index < -0.39 is 5.82 Å². The Kier molecular flexibility index (Phi) is 5.20. The topological polar surface area (TPSA) is 30.3 Å². The molecule has 0 aliphatic carbocycles. The Balaban J connectivity index is 1.39. The zero-order valence-electron chi connectivity index (χ0n) is 22.2. The Bertz CT molecular complexity index is 2150. The monoisotopic (exact) mass is 529 g/mol. The quantitative estimate of drug-likeness (QED) is 0.213. The maximum Gasteiger partial charge on any atom is 0.143 e. The van der Waals surface area contributed by atoms with Crippen LogP contribution in [0.3, 0.4) is 0 Å². The number of hydrogen-bond donors (Lipinski definition) is 0. The van der Waals surface area contributed by atoms with Crippen LogP contribution >= 0.6 is 0 Å². The van der Waals surface area contributed by atoms with Crippen molar-refractivity contribution in [3.05, 3.63) is 138 Å². The van der Waals surface area contributed by atoms with Gasteiger partial charge in [0.15, 0.2) is 0 Å². The standard InChI is InChI=1S/C37H24FN3/c38-32-22-29(15-10-27(32)23-39)41(28-7-2-1-3-8-28)35-19-14-26-11-16-30-34(40-21-20-24-6-4-5-9-33(24)40)18-13-25-12-17-31(35)37(26)36(25)30/h1-19,22H,20-21H2. The van der Waals surface area contributed by atoms with Crippen LogP contribution in [0, 0.1) is 17.1 Å². The normalized spacial score (nSPS) is 12.7. The molecule has 3 nitrogen and oxygen atoms in total. The molecule has 7 aromatic carbocycles. The highest BCUT2D eigenvalue weighted by Gasteiger charge is 2.24. The minimum atomic E-state index is -0.529. The van der Waals surface area contributed by atoms with Crippen LogP contribution in [0.4, 0.5) is 32.8 Å². The molecule has 0 aromatic heterocycles. The summed E-state index contributed by atoms with van der Waals surface area (Å²) in [4.78, 5) is 4.52. The largest absolute Gasteiger partial charge is 0.340 e. The Morgan fingerprint density at radius 3 is 2.17 bits per heavy atom. The number of nitriles is 1. The van der Waals surface area contributed by atoms with Gasteiger partial charge in [-0.1, -0.05) is 72.8 Å². The van der Waals surface area contributed by atoms with Crippen molar-refractivity contribution in [1.29, 1.82) is 5.26 Å². The summed E-state index contributed by atoms with van der Waals surface area (Å²) >= 11 is 0. The highest BCUT2D eigenvalue weighted by Crippen LogP contribution is 2.47. The lowest BCUT2D eigenvalue weighted by Gasteiger charge is -2.28. The molecule has 0 saturated carbocycles. The van der Waals surface area contributed by atoms with E-state index >= 15 is 0 Å². The van der Waals surface area contributed by atoms with Crippen LogP contribution < -0.4 is 9.80 Å². The Morgan fingerprint density at radius 1 is 0.659 bits per heavy atom. The third-order valence-electron chi connectivity index (χ3n) is 8.38. The molecule has 7 aromatic rings. The van der Waals surface area contributed by atoms with Gasteiger partial charge < -0.3 is 9.80 Å². The molecule has 1 aliphatic rings. The van der Waals surface area contributed by atoms with Crippen molar-refractivity contribution < 1.29 is 4.39 Å². The van der Waals surface area contributed by atoms with Crippen LogP contribution in [0.5, 0.6) is 0 Å². The predicted octanol–water partition coefficient (Wildman–Crippen LogP) is 9.76. The van der Waals surface area contributed by atoms with Crippen LogP contribution in [0.2, 0.25) is 0 Å².